The molecule has 0 aromatic heterocycles. The topological polar surface area (TPSA) is 62.1 Å². The number of ether oxygens (including phenoxy) is 1. The predicted molar refractivity (Wildman–Crippen MR) is 116 cm³/mol. The van der Waals surface area contributed by atoms with Crippen molar-refractivity contribution < 1.29 is 22.7 Å². The van der Waals surface area contributed by atoms with E-state index < -0.39 is 23.1 Å². The highest BCUT2D eigenvalue weighted by Gasteiger charge is 2.32. The number of rotatable bonds is 5. The molecular formula is C23H23F3N2O2S. The number of nitrogens with one attached hydrogen (secondary N) is 1. The average Bonchev–Trinajstić information content (AvgIpc) is 2.71. The minimum Gasteiger partial charge on any atom is -0.496 e. The Morgan fingerprint density at radius 3 is 2.32 bits per heavy atom. The molecule has 0 radical (unpaired) electrons. The van der Waals surface area contributed by atoms with Gasteiger partial charge in [0, 0.05) is 16.0 Å². The second kappa shape index (κ2) is 9.48. The number of amides is 1. The van der Waals surface area contributed by atoms with E-state index in [9.17, 15) is 23.2 Å². The Kier molecular flexibility index (Phi) is 7.45. The van der Waals surface area contributed by atoms with Gasteiger partial charge in [0.05, 0.1) is 23.8 Å². The molecule has 0 heterocycles. The van der Waals surface area contributed by atoms with E-state index in [0.717, 1.165) is 17.0 Å². The summed E-state index contributed by atoms with van der Waals surface area (Å²) in [6, 6.07) is 11.6. The van der Waals surface area contributed by atoms with Gasteiger partial charge >= 0.3 is 6.18 Å². The second-order valence-corrected chi connectivity index (χ2v) is 8.59. The fraction of sp³-hybridized carbons (Fsp3) is 0.304. The summed E-state index contributed by atoms with van der Waals surface area (Å²) in [4.78, 5) is 13.9. The molecule has 164 valence electrons. The van der Waals surface area contributed by atoms with Gasteiger partial charge in [-0.15, -0.1) is 11.8 Å². The van der Waals surface area contributed by atoms with Gasteiger partial charge in [0.2, 0.25) is 0 Å². The normalized spacial score (nSPS) is 12.6. The van der Waals surface area contributed by atoms with E-state index in [4.69, 9.17) is 4.74 Å². The van der Waals surface area contributed by atoms with Crippen molar-refractivity contribution in [1.82, 2.24) is 5.32 Å². The van der Waals surface area contributed by atoms with Gasteiger partial charge in [-0.3, -0.25) is 4.79 Å². The molecule has 2 aromatic carbocycles. The molecular weight excluding hydrogens is 425 g/mol. The van der Waals surface area contributed by atoms with Gasteiger partial charge < -0.3 is 10.1 Å². The molecule has 0 spiro atoms. The molecule has 1 N–H and O–H groups in total. The first-order chi connectivity index (χ1) is 14.4. The summed E-state index contributed by atoms with van der Waals surface area (Å²) in [5, 5.41) is 12.5. The molecule has 8 heteroatoms. The lowest BCUT2D eigenvalue weighted by molar-refractivity contribution is -0.137. The number of methoxy groups -OCH3 is 1. The van der Waals surface area contributed by atoms with Crippen molar-refractivity contribution in [3.05, 3.63) is 64.9 Å². The number of halogens is 3. The number of hydrogen-bond donors (Lipinski definition) is 1. The molecule has 0 aliphatic heterocycles. The zero-order valence-corrected chi connectivity index (χ0v) is 18.7. The largest absolute Gasteiger partial charge is 0.496 e. The average molecular weight is 449 g/mol. The molecule has 0 aliphatic carbocycles. The Labute approximate surface area is 184 Å². The highest BCUT2D eigenvalue weighted by molar-refractivity contribution is 7.98. The molecule has 0 bridgehead atoms. The van der Waals surface area contributed by atoms with Crippen molar-refractivity contribution in [2.75, 3.05) is 13.4 Å². The first kappa shape index (κ1) is 24.4. The monoisotopic (exact) mass is 448 g/mol. The number of thioether (sulfide) groups is 1. The summed E-state index contributed by atoms with van der Waals surface area (Å²) in [6.45, 7) is 5.30. The predicted octanol–water partition coefficient (Wildman–Crippen LogP) is 6.15. The second-order valence-electron chi connectivity index (χ2n) is 7.71. The molecule has 2 rings (SSSR count). The van der Waals surface area contributed by atoms with Crippen LogP contribution in [-0.2, 0) is 6.18 Å². The van der Waals surface area contributed by atoms with Gasteiger partial charge in [-0.25, -0.2) is 0 Å². The third-order valence-corrected chi connectivity index (χ3v) is 5.21. The smallest absolute Gasteiger partial charge is 0.416 e. The van der Waals surface area contributed by atoms with Crippen LogP contribution in [0.25, 0.3) is 5.57 Å². The fourth-order valence-electron chi connectivity index (χ4n) is 2.91. The SMILES string of the molecule is COc1cc(SC)ccc1C(=O)N/C(=C(/C#N)c1cccc(C(F)(F)F)c1)C(C)(C)C. The van der Waals surface area contributed by atoms with E-state index in [0.29, 0.717) is 5.75 Å². The van der Waals surface area contributed by atoms with E-state index in [1.54, 1.807) is 39.0 Å². The Morgan fingerprint density at radius 2 is 1.81 bits per heavy atom. The number of carbonyl (C=O) groups is 1. The Balaban J connectivity index is 2.59. The van der Waals surface area contributed by atoms with Crippen LogP contribution >= 0.6 is 11.8 Å². The van der Waals surface area contributed by atoms with Crippen LogP contribution in [0.1, 0.15) is 42.3 Å². The first-order valence-corrected chi connectivity index (χ1v) is 10.5. The lowest BCUT2D eigenvalue weighted by atomic mass is 9.86. The number of hydrogen-bond acceptors (Lipinski definition) is 4. The van der Waals surface area contributed by atoms with Crippen LogP contribution in [0.5, 0.6) is 5.75 Å². The van der Waals surface area contributed by atoms with E-state index in [1.807, 2.05) is 12.3 Å². The van der Waals surface area contributed by atoms with Crippen LogP contribution in [0.4, 0.5) is 13.2 Å². The summed E-state index contributed by atoms with van der Waals surface area (Å²) in [7, 11) is 1.44. The highest BCUT2D eigenvalue weighted by Crippen LogP contribution is 2.35. The standard InChI is InChI=1S/C23H23F3N2O2S/c1-22(2,3)20(18(13-27)14-7-6-8-15(11-14)23(24,25)26)28-21(29)17-10-9-16(31-5)12-19(17)30-4/h6-12H,1-5H3,(H,28,29)/b20-18-. The third-order valence-electron chi connectivity index (χ3n) is 4.48. The van der Waals surface area contributed by atoms with Crippen molar-refractivity contribution in [2.45, 2.75) is 31.8 Å². The van der Waals surface area contributed by atoms with E-state index in [-0.39, 0.29) is 22.4 Å². The van der Waals surface area contributed by atoms with Crippen molar-refractivity contribution in [2.24, 2.45) is 5.41 Å². The van der Waals surface area contributed by atoms with Crippen LogP contribution in [0.3, 0.4) is 0 Å². The van der Waals surface area contributed by atoms with Gasteiger partial charge in [0.15, 0.2) is 0 Å². The lowest BCUT2D eigenvalue weighted by Gasteiger charge is -2.26. The quantitative estimate of drug-likeness (QED) is 0.440. The summed E-state index contributed by atoms with van der Waals surface area (Å²) < 4.78 is 44.8. The number of allylic oxidation sites excluding steroid dienone is 2. The molecule has 0 unspecified atom stereocenters. The maximum atomic E-state index is 13.2. The van der Waals surface area contributed by atoms with Crippen LogP contribution in [0, 0.1) is 16.7 Å². The van der Waals surface area contributed by atoms with E-state index in [2.05, 4.69) is 5.32 Å². The summed E-state index contributed by atoms with van der Waals surface area (Å²) in [6.07, 6.45) is -2.66. The molecule has 0 atom stereocenters. The summed E-state index contributed by atoms with van der Waals surface area (Å²) in [5.74, 6) is -0.163. The molecule has 0 saturated carbocycles. The Hall–Kier alpha value is -2.92. The van der Waals surface area contributed by atoms with Gasteiger partial charge in [0.1, 0.15) is 11.8 Å². The zero-order chi connectivity index (χ0) is 23.4. The number of nitrogens with zero attached hydrogens (tertiary/aromatic N) is 1. The van der Waals surface area contributed by atoms with Crippen LogP contribution in [0.15, 0.2) is 53.1 Å². The molecule has 1 amide bonds. The Morgan fingerprint density at radius 1 is 1.13 bits per heavy atom. The van der Waals surface area contributed by atoms with Crippen LogP contribution < -0.4 is 10.1 Å². The minimum absolute atomic E-state index is 0.0355. The van der Waals surface area contributed by atoms with Gasteiger partial charge in [-0.1, -0.05) is 32.9 Å². The molecule has 2 aromatic rings. The Bertz CT molecular complexity index is 1050. The van der Waals surface area contributed by atoms with E-state index in [1.165, 1.54) is 31.0 Å². The van der Waals surface area contributed by atoms with Crippen molar-refractivity contribution in [3.8, 4) is 11.8 Å². The zero-order valence-electron chi connectivity index (χ0n) is 17.8. The number of alkyl halides is 3. The van der Waals surface area contributed by atoms with Crippen molar-refractivity contribution in [3.63, 3.8) is 0 Å². The third kappa shape index (κ3) is 5.82. The van der Waals surface area contributed by atoms with Crippen molar-refractivity contribution >= 4 is 23.2 Å². The maximum Gasteiger partial charge on any atom is 0.416 e. The minimum atomic E-state index is -4.55. The van der Waals surface area contributed by atoms with Gasteiger partial charge in [-0.05, 0) is 42.2 Å². The molecule has 0 saturated heterocycles. The maximum absolute atomic E-state index is 13.2. The number of carbonyl (C=O) groups excluding carboxylic acids is 1. The van der Waals surface area contributed by atoms with E-state index >= 15 is 0 Å². The van der Waals surface area contributed by atoms with Crippen LogP contribution in [0.2, 0.25) is 0 Å². The van der Waals surface area contributed by atoms with Gasteiger partial charge in [-0.2, -0.15) is 18.4 Å². The molecule has 31 heavy (non-hydrogen) atoms. The lowest BCUT2D eigenvalue weighted by Crippen LogP contribution is -2.31. The fourth-order valence-corrected chi connectivity index (χ4v) is 3.34. The molecule has 4 nitrogen and oxygen atoms in total. The molecule has 0 fully saturated rings. The first-order valence-electron chi connectivity index (χ1n) is 9.28. The van der Waals surface area contributed by atoms with Crippen molar-refractivity contribution in [1.29, 1.82) is 5.26 Å². The number of benzene rings is 2. The number of nitriles is 1. The summed E-state index contributed by atoms with van der Waals surface area (Å²) in [5.41, 5.74) is -1.09. The molecule has 0 aliphatic rings. The summed E-state index contributed by atoms with van der Waals surface area (Å²) >= 11 is 1.49. The van der Waals surface area contributed by atoms with Crippen LogP contribution in [-0.4, -0.2) is 19.3 Å². The highest BCUT2D eigenvalue weighted by atomic mass is 32.2. The van der Waals surface area contributed by atoms with Gasteiger partial charge in [0.25, 0.3) is 5.91 Å².